The lowest BCUT2D eigenvalue weighted by Crippen LogP contribution is -2.30. The van der Waals surface area contributed by atoms with Crippen LogP contribution in [0, 0.1) is 16.0 Å². The van der Waals surface area contributed by atoms with Crippen molar-refractivity contribution in [1.82, 2.24) is 9.78 Å². The van der Waals surface area contributed by atoms with Gasteiger partial charge in [0, 0.05) is 18.2 Å². The molecule has 1 aliphatic rings. The van der Waals surface area contributed by atoms with E-state index >= 15 is 0 Å². The first-order chi connectivity index (χ1) is 12.9. The van der Waals surface area contributed by atoms with Gasteiger partial charge in [0.25, 0.3) is 11.2 Å². The molecule has 27 heavy (non-hydrogen) atoms. The summed E-state index contributed by atoms with van der Waals surface area (Å²) in [6, 6.07) is 5.43. The third kappa shape index (κ3) is 4.08. The van der Waals surface area contributed by atoms with E-state index in [9.17, 15) is 19.7 Å². The number of carboxylic acid groups (broad SMARTS) is 1. The molecule has 3 rings (SSSR count). The van der Waals surface area contributed by atoms with E-state index in [1.54, 1.807) is 0 Å². The molecule has 0 amide bonds. The smallest absolute Gasteiger partial charge is 0.306 e. The van der Waals surface area contributed by atoms with Gasteiger partial charge in [-0.15, -0.1) is 0 Å². The summed E-state index contributed by atoms with van der Waals surface area (Å²) < 4.78 is 1.07. The Bertz CT molecular complexity index is 920. The Labute approximate surface area is 158 Å². The number of carbonyl (C=O) groups is 1. The van der Waals surface area contributed by atoms with Crippen LogP contribution >= 0.6 is 11.6 Å². The lowest BCUT2D eigenvalue weighted by Gasteiger charge is -2.27. The van der Waals surface area contributed by atoms with Crippen LogP contribution in [0.3, 0.4) is 0 Å². The molecule has 142 valence electrons. The standard InChI is InChI=1S/C17H17ClN4O5/c18-15-14(20-11-3-1-10(2-4-11)17(24)25)9-19-21(16(15)23)12-5-7-13(8-6-12)22(26)27/h5-11,20H,1-4H2,(H,24,25). The molecule has 0 spiro atoms. The van der Waals surface area contributed by atoms with Crippen LogP contribution in [0.5, 0.6) is 0 Å². The number of aliphatic carboxylic acids is 1. The number of benzene rings is 1. The summed E-state index contributed by atoms with van der Waals surface area (Å²) >= 11 is 6.19. The molecule has 2 aromatic rings. The Morgan fingerprint density at radius 2 is 1.89 bits per heavy atom. The van der Waals surface area contributed by atoms with E-state index < -0.39 is 16.5 Å². The highest BCUT2D eigenvalue weighted by molar-refractivity contribution is 6.33. The molecule has 1 saturated carbocycles. The van der Waals surface area contributed by atoms with Crippen molar-refractivity contribution in [1.29, 1.82) is 0 Å². The van der Waals surface area contributed by atoms with Gasteiger partial charge >= 0.3 is 5.97 Å². The molecule has 1 aliphatic carbocycles. The van der Waals surface area contributed by atoms with Gasteiger partial charge in [0.2, 0.25) is 0 Å². The molecule has 0 unspecified atom stereocenters. The number of halogens is 1. The number of aromatic nitrogens is 2. The summed E-state index contributed by atoms with van der Waals surface area (Å²) in [7, 11) is 0. The van der Waals surface area contributed by atoms with Crippen LogP contribution in [0.4, 0.5) is 11.4 Å². The van der Waals surface area contributed by atoms with E-state index in [2.05, 4.69) is 10.4 Å². The summed E-state index contributed by atoms with van der Waals surface area (Å²) in [6.45, 7) is 0. The van der Waals surface area contributed by atoms with Crippen LogP contribution in [0.2, 0.25) is 5.02 Å². The fourth-order valence-electron chi connectivity index (χ4n) is 3.14. The number of rotatable bonds is 5. The molecule has 0 saturated heterocycles. The molecular formula is C17H17ClN4O5. The lowest BCUT2D eigenvalue weighted by molar-refractivity contribution is -0.384. The second-order valence-electron chi connectivity index (χ2n) is 6.39. The quantitative estimate of drug-likeness (QED) is 0.591. The Morgan fingerprint density at radius 1 is 1.26 bits per heavy atom. The molecule has 0 atom stereocenters. The van der Waals surface area contributed by atoms with Crippen LogP contribution in [-0.2, 0) is 4.79 Å². The summed E-state index contributed by atoms with van der Waals surface area (Å²) in [5, 5.41) is 27.0. The highest BCUT2D eigenvalue weighted by Gasteiger charge is 2.26. The molecular weight excluding hydrogens is 376 g/mol. The predicted molar refractivity (Wildman–Crippen MR) is 98.5 cm³/mol. The van der Waals surface area contributed by atoms with Crippen molar-refractivity contribution >= 4 is 28.9 Å². The molecule has 0 radical (unpaired) electrons. The van der Waals surface area contributed by atoms with Gasteiger partial charge in [0.1, 0.15) is 5.02 Å². The summed E-state index contributed by atoms with van der Waals surface area (Å²) in [6.07, 6.45) is 3.89. The second kappa shape index (κ2) is 7.75. The lowest BCUT2D eigenvalue weighted by atomic mass is 9.86. The summed E-state index contributed by atoms with van der Waals surface area (Å²) in [5.74, 6) is -1.11. The van der Waals surface area contributed by atoms with Crippen LogP contribution < -0.4 is 10.9 Å². The van der Waals surface area contributed by atoms with E-state index in [4.69, 9.17) is 16.7 Å². The molecule has 0 aliphatic heterocycles. The number of nitro benzene ring substituents is 1. The van der Waals surface area contributed by atoms with Crippen molar-refractivity contribution < 1.29 is 14.8 Å². The van der Waals surface area contributed by atoms with Gasteiger partial charge in [-0.3, -0.25) is 19.7 Å². The van der Waals surface area contributed by atoms with Crippen LogP contribution in [0.25, 0.3) is 5.69 Å². The number of carboxylic acids is 1. The molecule has 1 fully saturated rings. The third-order valence-corrected chi connectivity index (χ3v) is 5.03. The Hall–Kier alpha value is -2.94. The van der Waals surface area contributed by atoms with Crippen molar-refractivity contribution in [2.24, 2.45) is 5.92 Å². The minimum atomic E-state index is -0.779. The minimum absolute atomic E-state index is 0.0227. The number of hydrogen-bond acceptors (Lipinski definition) is 6. The fourth-order valence-corrected chi connectivity index (χ4v) is 3.32. The highest BCUT2D eigenvalue weighted by Crippen LogP contribution is 2.28. The number of nitrogens with zero attached hydrogens (tertiary/aromatic N) is 3. The van der Waals surface area contributed by atoms with E-state index in [0.29, 0.717) is 37.1 Å². The SMILES string of the molecule is O=C(O)C1CCC(Nc2cnn(-c3ccc([N+](=O)[O-])cc3)c(=O)c2Cl)CC1. The van der Waals surface area contributed by atoms with Gasteiger partial charge < -0.3 is 10.4 Å². The molecule has 9 nitrogen and oxygen atoms in total. The summed E-state index contributed by atoms with van der Waals surface area (Å²) in [5.41, 5.74) is 0.113. The molecule has 1 aromatic carbocycles. The Balaban J connectivity index is 1.76. The van der Waals surface area contributed by atoms with E-state index in [0.717, 1.165) is 4.68 Å². The number of non-ortho nitro benzene ring substituents is 1. The highest BCUT2D eigenvalue weighted by atomic mass is 35.5. The maximum Gasteiger partial charge on any atom is 0.306 e. The van der Waals surface area contributed by atoms with Crippen molar-refractivity contribution in [2.75, 3.05) is 5.32 Å². The molecule has 0 bridgehead atoms. The number of nitro groups is 1. The zero-order valence-corrected chi connectivity index (χ0v) is 14.9. The van der Waals surface area contributed by atoms with Crippen molar-refractivity contribution in [3.05, 3.63) is 56.0 Å². The predicted octanol–water partition coefficient (Wildman–Crippen LogP) is 2.85. The third-order valence-electron chi connectivity index (χ3n) is 4.66. The minimum Gasteiger partial charge on any atom is -0.481 e. The van der Waals surface area contributed by atoms with Gasteiger partial charge in [-0.1, -0.05) is 11.6 Å². The fraction of sp³-hybridized carbons (Fsp3) is 0.353. The first-order valence-electron chi connectivity index (χ1n) is 8.39. The van der Waals surface area contributed by atoms with Gasteiger partial charge in [0.15, 0.2) is 0 Å². The van der Waals surface area contributed by atoms with E-state index in [1.165, 1.54) is 30.5 Å². The van der Waals surface area contributed by atoms with Gasteiger partial charge in [-0.2, -0.15) is 9.78 Å². The average Bonchev–Trinajstić information content (AvgIpc) is 2.66. The number of nitrogens with one attached hydrogen (secondary N) is 1. The molecule has 1 heterocycles. The van der Waals surface area contributed by atoms with Gasteiger partial charge in [-0.05, 0) is 37.8 Å². The normalized spacial score (nSPS) is 19.4. The maximum atomic E-state index is 12.5. The Morgan fingerprint density at radius 3 is 2.44 bits per heavy atom. The largest absolute Gasteiger partial charge is 0.481 e. The number of hydrogen-bond donors (Lipinski definition) is 2. The first kappa shape index (κ1) is 18.8. The van der Waals surface area contributed by atoms with Gasteiger partial charge in [-0.25, -0.2) is 0 Å². The summed E-state index contributed by atoms with van der Waals surface area (Å²) in [4.78, 5) is 33.7. The molecule has 10 heteroatoms. The average molecular weight is 393 g/mol. The number of anilines is 1. The monoisotopic (exact) mass is 392 g/mol. The van der Waals surface area contributed by atoms with E-state index in [-0.39, 0.29) is 22.7 Å². The molecule has 2 N–H and O–H groups in total. The zero-order valence-electron chi connectivity index (χ0n) is 14.2. The van der Waals surface area contributed by atoms with Crippen molar-refractivity contribution in [2.45, 2.75) is 31.7 Å². The topological polar surface area (TPSA) is 127 Å². The molecule has 1 aromatic heterocycles. The van der Waals surface area contributed by atoms with Crippen molar-refractivity contribution in [3.63, 3.8) is 0 Å². The Kier molecular flexibility index (Phi) is 5.41. The first-order valence-corrected chi connectivity index (χ1v) is 8.76. The van der Waals surface area contributed by atoms with Crippen LogP contribution in [-0.4, -0.2) is 31.8 Å². The van der Waals surface area contributed by atoms with Crippen molar-refractivity contribution in [3.8, 4) is 5.69 Å². The second-order valence-corrected chi connectivity index (χ2v) is 6.77. The van der Waals surface area contributed by atoms with E-state index in [1.807, 2.05) is 0 Å². The van der Waals surface area contributed by atoms with Crippen LogP contribution in [0.15, 0.2) is 35.3 Å². The van der Waals surface area contributed by atoms with Gasteiger partial charge in [0.05, 0.1) is 28.4 Å². The van der Waals surface area contributed by atoms with Crippen LogP contribution in [0.1, 0.15) is 25.7 Å². The maximum absolute atomic E-state index is 12.5. The zero-order chi connectivity index (χ0) is 19.6.